The molecule has 1 aliphatic rings. The number of hydrogen-bond donors (Lipinski definition) is 1. The monoisotopic (exact) mass is 234 g/mol. The first-order chi connectivity index (χ1) is 8.28. The first-order valence-corrected chi connectivity index (χ1v) is 6.20. The molecular weight excluding hydrogens is 216 g/mol. The molecule has 0 spiro atoms. The average Bonchev–Trinajstić information content (AvgIpc) is 2.37. The van der Waals surface area contributed by atoms with Crippen LogP contribution in [0, 0.1) is 5.92 Å². The van der Waals surface area contributed by atoms with Crippen LogP contribution in [-0.4, -0.2) is 18.0 Å². The second kappa shape index (κ2) is 5.71. The standard InChI is InChI=1S/C14H18O3/c15-9-12-6-13(16)8-14(7-12)17-10-11-4-2-1-3-5-11/h6-9,11,16H,1-5,10H2. The van der Waals surface area contributed by atoms with Crippen LogP contribution in [0.5, 0.6) is 11.5 Å². The van der Waals surface area contributed by atoms with Crippen molar-refractivity contribution in [3.63, 3.8) is 0 Å². The molecule has 1 N–H and O–H groups in total. The summed E-state index contributed by atoms with van der Waals surface area (Å²) in [6.07, 6.45) is 7.06. The predicted octanol–water partition coefficient (Wildman–Crippen LogP) is 3.16. The Balaban J connectivity index is 1.93. The average molecular weight is 234 g/mol. The second-order valence-electron chi connectivity index (χ2n) is 4.69. The third kappa shape index (κ3) is 3.48. The third-order valence-electron chi connectivity index (χ3n) is 3.26. The molecule has 2 rings (SSSR count). The Morgan fingerprint density at radius 2 is 2.00 bits per heavy atom. The Bertz CT molecular complexity index is 381. The van der Waals surface area contributed by atoms with E-state index in [0.29, 0.717) is 30.1 Å². The van der Waals surface area contributed by atoms with E-state index in [1.807, 2.05) is 0 Å². The fraction of sp³-hybridized carbons (Fsp3) is 0.500. The normalized spacial score (nSPS) is 16.7. The lowest BCUT2D eigenvalue weighted by Crippen LogP contribution is -2.15. The quantitative estimate of drug-likeness (QED) is 0.814. The molecule has 3 heteroatoms. The van der Waals surface area contributed by atoms with E-state index in [1.54, 1.807) is 12.1 Å². The molecule has 1 aliphatic carbocycles. The number of hydrogen-bond acceptors (Lipinski definition) is 3. The van der Waals surface area contributed by atoms with Crippen molar-refractivity contribution in [2.75, 3.05) is 6.61 Å². The van der Waals surface area contributed by atoms with Gasteiger partial charge in [0.05, 0.1) is 6.61 Å². The van der Waals surface area contributed by atoms with E-state index in [0.717, 1.165) is 0 Å². The van der Waals surface area contributed by atoms with Crippen LogP contribution in [0.25, 0.3) is 0 Å². The van der Waals surface area contributed by atoms with Crippen molar-refractivity contribution in [2.45, 2.75) is 32.1 Å². The zero-order valence-corrected chi connectivity index (χ0v) is 9.89. The molecule has 92 valence electrons. The van der Waals surface area contributed by atoms with Gasteiger partial charge in [0, 0.05) is 11.6 Å². The predicted molar refractivity (Wildman–Crippen MR) is 65.6 cm³/mol. The summed E-state index contributed by atoms with van der Waals surface area (Å²) in [7, 11) is 0. The van der Waals surface area contributed by atoms with E-state index in [-0.39, 0.29) is 5.75 Å². The SMILES string of the molecule is O=Cc1cc(O)cc(OCC2CCCCC2)c1. The number of phenols is 1. The summed E-state index contributed by atoms with van der Waals surface area (Å²) in [5, 5.41) is 9.42. The Labute approximate surface area is 101 Å². The van der Waals surface area contributed by atoms with Crippen molar-refractivity contribution in [1.82, 2.24) is 0 Å². The Kier molecular flexibility index (Phi) is 4.02. The molecule has 0 aromatic heterocycles. The van der Waals surface area contributed by atoms with E-state index >= 15 is 0 Å². The smallest absolute Gasteiger partial charge is 0.150 e. The lowest BCUT2D eigenvalue weighted by molar-refractivity contribution is 0.112. The molecule has 0 atom stereocenters. The summed E-state index contributed by atoms with van der Waals surface area (Å²) in [6.45, 7) is 0.682. The minimum absolute atomic E-state index is 0.0771. The van der Waals surface area contributed by atoms with Crippen LogP contribution < -0.4 is 4.74 Å². The van der Waals surface area contributed by atoms with Crippen LogP contribution in [0.2, 0.25) is 0 Å². The molecule has 0 radical (unpaired) electrons. The van der Waals surface area contributed by atoms with Gasteiger partial charge in [-0.25, -0.2) is 0 Å². The molecule has 3 nitrogen and oxygen atoms in total. The van der Waals surface area contributed by atoms with Gasteiger partial charge < -0.3 is 9.84 Å². The van der Waals surface area contributed by atoms with Gasteiger partial charge in [-0.1, -0.05) is 19.3 Å². The highest BCUT2D eigenvalue weighted by Crippen LogP contribution is 2.26. The highest BCUT2D eigenvalue weighted by Gasteiger charge is 2.14. The van der Waals surface area contributed by atoms with Gasteiger partial charge in [-0.15, -0.1) is 0 Å². The number of phenolic OH excluding ortho intramolecular Hbond substituents is 1. The van der Waals surface area contributed by atoms with Crippen molar-refractivity contribution in [3.05, 3.63) is 23.8 Å². The molecule has 1 aromatic rings. The number of ether oxygens (including phenoxy) is 1. The maximum absolute atomic E-state index is 10.7. The minimum Gasteiger partial charge on any atom is -0.508 e. The maximum atomic E-state index is 10.7. The zero-order chi connectivity index (χ0) is 12.1. The first kappa shape index (κ1) is 12.0. The number of benzene rings is 1. The van der Waals surface area contributed by atoms with Crippen molar-refractivity contribution in [1.29, 1.82) is 0 Å². The number of carbonyl (C=O) groups excluding carboxylic acids is 1. The molecule has 0 amide bonds. The van der Waals surface area contributed by atoms with Gasteiger partial charge in [-0.3, -0.25) is 4.79 Å². The lowest BCUT2D eigenvalue weighted by Gasteiger charge is -2.21. The third-order valence-corrected chi connectivity index (χ3v) is 3.26. The molecule has 0 heterocycles. The highest BCUT2D eigenvalue weighted by atomic mass is 16.5. The summed E-state index contributed by atoms with van der Waals surface area (Å²) < 4.78 is 5.65. The van der Waals surface area contributed by atoms with Crippen molar-refractivity contribution >= 4 is 6.29 Å². The molecule has 1 fully saturated rings. The van der Waals surface area contributed by atoms with Crippen LogP contribution in [0.1, 0.15) is 42.5 Å². The van der Waals surface area contributed by atoms with E-state index in [1.165, 1.54) is 38.2 Å². The Hall–Kier alpha value is -1.51. The number of rotatable bonds is 4. The summed E-state index contributed by atoms with van der Waals surface area (Å²) in [5.74, 6) is 1.27. The fourth-order valence-corrected chi connectivity index (χ4v) is 2.33. The Morgan fingerprint density at radius 3 is 2.71 bits per heavy atom. The van der Waals surface area contributed by atoms with E-state index in [4.69, 9.17) is 4.74 Å². The molecule has 0 saturated heterocycles. The van der Waals surface area contributed by atoms with Crippen LogP contribution in [0.3, 0.4) is 0 Å². The summed E-state index contributed by atoms with van der Waals surface area (Å²) in [5.41, 5.74) is 0.448. The fourth-order valence-electron chi connectivity index (χ4n) is 2.33. The molecule has 0 bridgehead atoms. The minimum atomic E-state index is 0.0771. The number of aldehydes is 1. The van der Waals surface area contributed by atoms with Gasteiger partial charge in [0.1, 0.15) is 17.8 Å². The topological polar surface area (TPSA) is 46.5 Å². The van der Waals surface area contributed by atoms with E-state index in [9.17, 15) is 9.90 Å². The summed E-state index contributed by atoms with van der Waals surface area (Å²) in [6, 6.07) is 4.64. The maximum Gasteiger partial charge on any atom is 0.150 e. The van der Waals surface area contributed by atoms with Gasteiger partial charge in [-0.2, -0.15) is 0 Å². The van der Waals surface area contributed by atoms with Crippen LogP contribution in [0.4, 0.5) is 0 Å². The molecule has 0 aliphatic heterocycles. The molecular formula is C14H18O3. The molecule has 1 aromatic carbocycles. The summed E-state index contributed by atoms with van der Waals surface area (Å²) in [4.78, 5) is 10.7. The van der Waals surface area contributed by atoms with Crippen LogP contribution >= 0.6 is 0 Å². The van der Waals surface area contributed by atoms with Crippen molar-refractivity contribution in [3.8, 4) is 11.5 Å². The summed E-state index contributed by atoms with van der Waals surface area (Å²) >= 11 is 0. The molecule has 0 unspecified atom stereocenters. The van der Waals surface area contributed by atoms with Crippen LogP contribution in [-0.2, 0) is 0 Å². The Morgan fingerprint density at radius 1 is 1.24 bits per heavy atom. The van der Waals surface area contributed by atoms with Gasteiger partial charge in [-0.05, 0) is 30.9 Å². The van der Waals surface area contributed by atoms with Gasteiger partial charge in [0.15, 0.2) is 0 Å². The van der Waals surface area contributed by atoms with Gasteiger partial charge >= 0.3 is 0 Å². The molecule has 17 heavy (non-hydrogen) atoms. The van der Waals surface area contributed by atoms with Crippen LogP contribution in [0.15, 0.2) is 18.2 Å². The lowest BCUT2D eigenvalue weighted by atomic mass is 9.90. The molecule has 1 saturated carbocycles. The highest BCUT2D eigenvalue weighted by molar-refractivity contribution is 5.76. The number of carbonyl (C=O) groups is 1. The largest absolute Gasteiger partial charge is 0.508 e. The second-order valence-corrected chi connectivity index (χ2v) is 4.69. The van der Waals surface area contributed by atoms with E-state index < -0.39 is 0 Å². The van der Waals surface area contributed by atoms with Crippen molar-refractivity contribution < 1.29 is 14.6 Å². The van der Waals surface area contributed by atoms with E-state index in [2.05, 4.69) is 0 Å². The number of aromatic hydroxyl groups is 1. The van der Waals surface area contributed by atoms with Crippen molar-refractivity contribution in [2.24, 2.45) is 5.92 Å². The van der Waals surface area contributed by atoms with Gasteiger partial charge in [0.25, 0.3) is 0 Å². The zero-order valence-electron chi connectivity index (χ0n) is 9.89. The van der Waals surface area contributed by atoms with Gasteiger partial charge in [0.2, 0.25) is 0 Å². The first-order valence-electron chi connectivity index (χ1n) is 6.20.